The molecule has 3 rings (SSSR count). The number of rotatable bonds is 5. The molecule has 10 heteroatoms. The molecule has 0 bridgehead atoms. The highest BCUT2D eigenvalue weighted by Gasteiger charge is 2.23. The molecule has 0 radical (unpaired) electrons. The van der Waals surface area contributed by atoms with Crippen LogP contribution in [0.5, 0.6) is 0 Å². The number of amides is 2. The summed E-state index contributed by atoms with van der Waals surface area (Å²) < 4.78 is 0. The number of piperazine rings is 1. The maximum absolute atomic E-state index is 12.4. The van der Waals surface area contributed by atoms with Crippen LogP contribution in [0.25, 0.3) is 0 Å². The van der Waals surface area contributed by atoms with Crippen molar-refractivity contribution >= 4 is 75.3 Å². The van der Waals surface area contributed by atoms with Gasteiger partial charge in [-0.05, 0) is 54.5 Å². The zero-order valence-electron chi connectivity index (χ0n) is 18.3. The summed E-state index contributed by atoms with van der Waals surface area (Å²) in [4.78, 5) is 28.8. The predicted molar refractivity (Wildman–Crippen MR) is 140 cm³/mol. The van der Waals surface area contributed by atoms with Crippen molar-refractivity contribution in [3.63, 3.8) is 0 Å². The lowest BCUT2D eigenvalue weighted by molar-refractivity contribution is -0.132. The Bertz CT molecular complexity index is 1060. The Labute approximate surface area is 214 Å². The molecule has 2 aromatic rings. The van der Waals surface area contributed by atoms with Crippen LogP contribution in [0.1, 0.15) is 30.6 Å². The molecule has 0 atom stereocenters. The number of hydrogen-bond acceptors (Lipinski definition) is 4. The highest BCUT2D eigenvalue weighted by molar-refractivity contribution is 7.80. The first kappa shape index (κ1) is 25.6. The highest BCUT2D eigenvalue weighted by Crippen LogP contribution is 2.30. The van der Waals surface area contributed by atoms with E-state index >= 15 is 0 Å². The van der Waals surface area contributed by atoms with E-state index in [1.54, 1.807) is 18.2 Å². The number of thiocarbonyl (C=S) groups is 1. The largest absolute Gasteiger partial charge is 0.367 e. The summed E-state index contributed by atoms with van der Waals surface area (Å²) in [5.41, 5.74) is 1.75. The second-order valence-corrected chi connectivity index (χ2v) is 9.82. The number of nitrogens with zero attached hydrogens (tertiary/aromatic N) is 2. The third kappa shape index (κ3) is 6.96. The van der Waals surface area contributed by atoms with Gasteiger partial charge in [0.15, 0.2) is 5.11 Å². The molecule has 1 aliphatic heterocycles. The third-order valence-corrected chi connectivity index (χ3v) is 6.23. The molecule has 2 N–H and O–H groups in total. The van der Waals surface area contributed by atoms with Crippen molar-refractivity contribution < 1.29 is 9.59 Å². The molecule has 0 unspecified atom stereocenters. The van der Waals surface area contributed by atoms with Gasteiger partial charge < -0.3 is 15.1 Å². The van der Waals surface area contributed by atoms with Crippen LogP contribution in [-0.4, -0.2) is 48.0 Å². The average Bonchev–Trinajstić information content (AvgIpc) is 2.75. The molecule has 0 spiro atoms. The van der Waals surface area contributed by atoms with Crippen LogP contribution in [0, 0.1) is 5.92 Å². The lowest BCUT2D eigenvalue weighted by Crippen LogP contribution is -2.49. The highest BCUT2D eigenvalue weighted by atomic mass is 35.5. The number of carbonyl (C=O) groups is 2. The monoisotopic (exact) mass is 526 g/mol. The molecule has 0 saturated carbocycles. The van der Waals surface area contributed by atoms with E-state index < -0.39 is 5.91 Å². The average molecular weight is 528 g/mol. The van der Waals surface area contributed by atoms with Crippen molar-refractivity contribution in [3.05, 3.63) is 57.0 Å². The van der Waals surface area contributed by atoms with Gasteiger partial charge in [-0.1, -0.05) is 48.7 Å². The molecule has 0 aliphatic carbocycles. The minimum Gasteiger partial charge on any atom is -0.367 e. The summed E-state index contributed by atoms with van der Waals surface area (Å²) in [7, 11) is 0. The van der Waals surface area contributed by atoms with E-state index in [0.717, 1.165) is 5.69 Å². The van der Waals surface area contributed by atoms with Crippen LogP contribution in [0.4, 0.5) is 11.4 Å². The normalized spacial score (nSPS) is 13.8. The van der Waals surface area contributed by atoms with Crippen molar-refractivity contribution in [2.45, 2.75) is 20.3 Å². The van der Waals surface area contributed by atoms with Gasteiger partial charge >= 0.3 is 0 Å². The molecule has 1 saturated heterocycles. The Morgan fingerprint density at radius 1 is 1.00 bits per heavy atom. The second kappa shape index (κ2) is 11.4. The van der Waals surface area contributed by atoms with Gasteiger partial charge in [0.05, 0.1) is 21.3 Å². The fourth-order valence-corrected chi connectivity index (χ4v) is 4.41. The molecule has 1 fully saturated rings. The molecule has 2 aromatic carbocycles. The van der Waals surface area contributed by atoms with Crippen LogP contribution in [-0.2, 0) is 4.79 Å². The van der Waals surface area contributed by atoms with E-state index in [4.69, 9.17) is 47.0 Å². The number of carbonyl (C=O) groups excluding carboxylic acids is 2. The summed E-state index contributed by atoms with van der Waals surface area (Å²) in [6, 6.07) is 10.1. The van der Waals surface area contributed by atoms with Crippen molar-refractivity contribution in [2.24, 2.45) is 5.92 Å². The SMILES string of the molecule is CC(C)CC(=O)N1CCN(c2ccc(NC(=S)NC(=O)c3cc(Cl)ccc3Cl)cc2Cl)CC1. The number of halogens is 3. The van der Waals surface area contributed by atoms with Gasteiger partial charge in [-0.25, -0.2) is 0 Å². The maximum atomic E-state index is 12.4. The summed E-state index contributed by atoms with van der Waals surface area (Å²) >= 11 is 23.8. The van der Waals surface area contributed by atoms with Crippen molar-refractivity contribution in [2.75, 3.05) is 36.4 Å². The van der Waals surface area contributed by atoms with Crippen LogP contribution in [0.3, 0.4) is 0 Å². The molecule has 33 heavy (non-hydrogen) atoms. The summed E-state index contributed by atoms with van der Waals surface area (Å²) in [6.45, 7) is 6.87. The van der Waals surface area contributed by atoms with Gasteiger partial charge in [0, 0.05) is 43.3 Å². The minimum atomic E-state index is -0.465. The van der Waals surface area contributed by atoms with Gasteiger partial charge in [-0.3, -0.25) is 14.9 Å². The Balaban J connectivity index is 1.57. The van der Waals surface area contributed by atoms with E-state index in [2.05, 4.69) is 15.5 Å². The van der Waals surface area contributed by atoms with Gasteiger partial charge in [0.1, 0.15) is 0 Å². The molecule has 1 aliphatic rings. The van der Waals surface area contributed by atoms with Gasteiger partial charge in [-0.2, -0.15) is 0 Å². The number of hydrogen-bond donors (Lipinski definition) is 2. The zero-order chi connectivity index (χ0) is 24.1. The molecular weight excluding hydrogens is 503 g/mol. The van der Waals surface area contributed by atoms with Gasteiger partial charge in [0.2, 0.25) is 5.91 Å². The van der Waals surface area contributed by atoms with Crippen LogP contribution in [0.15, 0.2) is 36.4 Å². The number of anilines is 2. The molecule has 0 aromatic heterocycles. The van der Waals surface area contributed by atoms with Crippen LogP contribution >= 0.6 is 47.0 Å². The van der Waals surface area contributed by atoms with E-state index in [1.165, 1.54) is 6.07 Å². The van der Waals surface area contributed by atoms with Crippen LogP contribution in [0.2, 0.25) is 15.1 Å². The number of nitrogens with one attached hydrogen (secondary N) is 2. The topological polar surface area (TPSA) is 64.7 Å². The Morgan fingerprint density at radius 2 is 1.70 bits per heavy atom. The first-order valence-corrected chi connectivity index (χ1v) is 12.1. The molecular formula is C23H25Cl3N4O2S. The zero-order valence-corrected chi connectivity index (χ0v) is 21.4. The van der Waals surface area contributed by atoms with Crippen molar-refractivity contribution in [3.8, 4) is 0 Å². The minimum absolute atomic E-state index is 0.108. The molecule has 6 nitrogen and oxygen atoms in total. The van der Waals surface area contributed by atoms with E-state index in [9.17, 15) is 9.59 Å². The first-order valence-electron chi connectivity index (χ1n) is 10.5. The Kier molecular flexibility index (Phi) is 8.82. The van der Waals surface area contributed by atoms with E-state index in [0.29, 0.717) is 54.3 Å². The lowest BCUT2D eigenvalue weighted by Gasteiger charge is -2.37. The smallest absolute Gasteiger partial charge is 0.258 e. The third-order valence-electron chi connectivity index (χ3n) is 5.16. The fourth-order valence-electron chi connectivity index (χ4n) is 3.52. The molecule has 176 valence electrons. The van der Waals surface area contributed by atoms with Crippen molar-refractivity contribution in [1.29, 1.82) is 0 Å². The standard InChI is InChI=1S/C23H25Cl3N4O2S/c1-14(2)11-21(31)30-9-7-29(8-10-30)20-6-4-16(13-19(20)26)27-23(33)28-22(32)17-12-15(24)3-5-18(17)25/h3-6,12-14H,7-11H2,1-2H3,(H2,27,28,32,33). The first-order chi connectivity index (χ1) is 15.6. The quantitative estimate of drug-likeness (QED) is 0.505. The van der Waals surface area contributed by atoms with Gasteiger partial charge in [-0.15, -0.1) is 0 Å². The molecule has 1 heterocycles. The Morgan fingerprint density at radius 3 is 2.33 bits per heavy atom. The molecule has 2 amide bonds. The lowest BCUT2D eigenvalue weighted by atomic mass is 10.1. The maximum Gasteiger partial charge on any atom is 0.258 e. The number of benzene rings is 2. The summed E-state index contributed by atoms with van der Waals surface area (Å²) in [5.74, 6) is 0.0841. The summed E-state index contributed by atoms with van der Waals surface area (Å²) in [6.07, 6.45) is 0.571. The van der Waals surface area contributed by atoms with E-state index in [1.807, 2.05) is 30.9 Å². The van der Waals surface area contributed by atoms with Gasteiger partial charge in [0.25, 0.3) is 5.91 Å². The second-order valence-electron chi connectivity index (χ2n) is 8.16. The fraction of sp³-hybridized carbons (Fsp3) is 0.348. The van der Waals surface area contributed by atoms with Crippen LogP contribution < -0.4 is 15.5 Å². The summed E-state index contributed by atoms with van der Waals surface area (Å²) in [5, 5.41) is 6.88. The predicted octanol–water partition coefficient (Wildman–Crippen LogP) is 5.47. The Hall–Kier alpha value is -2.06. The van der Waals surface area contributed by atoms with Crippen molar-refractivity contribution in [1.82, 2.24) is 10.2 Å². The van der Waals surface area contributed by atoms with E-state index in [-0.39, 0.29) is 21.6 Å².